The zero-order valence-corrected chi connectivity index (χ0v) is 21.0. The van der Waals surface area contributed by atoms with Crippen molar-refractivity contribution < 1.29 is 14.6 Å². The van der Waals surface area contributed by atoms with E-state index in [4.69, 9.17) is 14.6 Å². The van der Waals surface area contributed by atoms with Crippen molar-refractivity contribution in [1.29, 1.82) is 0 Å². The van der Waals surface area contributed by atoms with Gasteiger partial charge in [-0.25, -0.2) is 4.52 Å². The molecule has 10 heteroatoms. The molecule has 0 saturated carbocycles. The van der Waals surface area contributed by atoms with Gasteiger partial charge in [0.1, 0.15) is 5.75 Å². The molecule has 0 radical (unpaired) electrons. The highest BCUT2D eigenvalue weighted by Crippen LogP contribution is 2.33. The van der Waals surface area contributed by atoms with Crippen LogP contribution in [0.2, 0.25) is 0 Å². The maximum Gasteiger partial charge on any atom is 0.203 e. The molecule has 4 aromatic rings. The number of benzene rings is 2. The van der Waals surface area contributed by atoms with Crippen molar-refractivity contribution in [3.8, 4) is 5.75 Å². The van der Waals surface area contributed by atoms with E-state index in [0.717, 1.165) is 94.5 Å². The Kier molecular flexibility index (Phi) is 7.08. The van der Waals surface area contributed by atoms with Crippen molar-refractivity contribution in [2.24, 2.45) is 0 Å². The molecule has 37 heavy (non-hydrogen) atoms. The highest BCUT2D eigenvalue weighted by molar-refractivity contribution is 6.09. The van der Waals surface area contributed by atoms with Crippen LogP contribution >= 0.6 is 0 Å². The van der Waals surface area contributed by atoms with E-state index in [1.165, 1.54) is 0 Å². The van der Waals surface area contributed by atoms with Gasteiger partial charge in [0.2, 0.25) is 5.43 Å². The number of ether oxygens (including phenoxy) is 2. The number of hydrogen-bond donors (Lipinski definition) is 3. The van der Waals surface area contributed by atoms with Crippen LogP contribution in [0.4, 0.5) is 5.69 Å². The standard InChI is InChI=1S/C27H34N6O4/c34-23-3-1-2-22-25(23)27(35)24-20(29-7-9-32-12-16-37-17-13-32)5-4-19-21(30-33(22)26(19)24)18-28-6-8-31-10-14-36-15-11-31/h1-5,28-29,34H,6-18H2. The predicted octanol–water partition coefficient (Wildman–Crippen LogP) is 1.31. The quantitative estimate of drug-likeness (QED) is 0.229. The number of morpholine rings is 2. The predicted molar refractivity (Wildman–Crippen MR) is 144 cm³/mol. The second-order valence-corrected chi connectivity index (χ2v) is 9.75. The van der Waals surface area contributed by atoms with Gasteiger partial charge in [0.15, 0.2) is 0 Å². The summed E-state index contributed by atoms with van der Waals surface area (Å²) in [5, 5.41) is 24.4. The molecule has 0 aliphatic carbocycles. The Hall–Kier alpha value is -3.02. The summed E-state index contributed by atoms with van der Waals surface area (Å²) in [6, 6.07) is 9.19. The first kappa shape index (κ1) is 24.3. The van der Waals surface area contributed by atoms with Gasteiger partial charge in [-0.1, -0.05) is 6.07 Å². The summed E-state index contributed by atoms with van der Waals surface area (Å²) in [7, 11) is 0. The Morgan fingerprint density at radius 3 is 2.32 bits per heavy atom. The smallest absolute Gasteiger partial charge is 0.203 e. The summed E-state index contributed by atoms with van der Waals surface area (Å²) >= 11 is 0. The van der Waals surface area contributed by atoms with E-state index >= 15 is 0 Å². The number of phenolic OH excluding ortho intramolecular Hbond substituents is 1. The summed E-state index contributed by atoms with van der Waals surface area (Å²) in [6.07, 6.45) is 0. The maximum atomic E-state index is 13.7. The number of aromatic hydroxyl groups is 1. The molecule has 2 aromatic heterocycles. The lowest BCUT2D eigenvalue weighted by Crippen LogP contribution is -2.40. The van der Waals surface area contributed by atoms with Gasteiger partial charge in [0.25, 0.3) is 0 Å². The number of phenols is 1. The van der Waals surface area contributed by atoms with Gasteiger partial charge in [0, 0.05) is 70.0 Å². The van der Waals surface area contributed by atoms with Gasteiger partial charge < -0.3 is 25.2 Å². The molecule has 3 N–H and O–H groups in total. The molecule has 0 spiro atoms. The number of aromatic nitrogens is 2. The Balaban J connectivity index is 1.31. The first-order valence-electron chi connectivity index (χ1n) is 13.2. The van der Waals surface area contributed by atoms with Gasteiger partial charge in [-0.3, -0.25) is 14.6 Å². The first-order valence-corrected chi connectivity index (χ1v) is 13.2. The average molecular weight is 507 g/mol. The van der Waals surface area contributed by atoms with Crippen molar-refractivity contribution >= 4 is 32.9 Å². The highest BCUT2D eigenvalue weighted by Gasteiger charge is 2.21. The molecule has 196 valence electrons. The van der Waals surface area contributed by atoms with E-state index in [2.05, 4.69) is 26.5 Å². The van der Waals surface area contributed by atoms with Gasteiger partial charge in [0.05, 0.1) is 53.9 Å². The van der Waals surface area contributed by atoms with Crippen LogP contribution in [0.1, 0.15) is 5.69 Å². The Labute approximate surface area is 215 Å². The topological polar surface area (TPSA) is 104 Å². The van der Waals surface area contributed by atoms with Gasteiger partial charge in [-0.15, -0.1) is 0 Å². The summed E-state index contributed by atoms with van der Waals surface area (Å²) in [5.41, 5.74) is 2.90. The van der Waals surface area contributed by atoms with Crippen LogP contribution < -0.4 is 16.1 Å². The van der Waals surface area contributed by atoms with Crippen molar-refractivity contribution in [1.82, 2.24) is 24.7 Å². The van der Waals surface area contributed by atoms with E-state index in [-0.39, 0.29) is 11.2 Å². The highest BCUT2D eigenvalue weighted by atomic mass is 16.5. The van der Waals surface area contributed by atoms with Gasteiger partial charge in [-0.2, -0.15) is 5.10 Å². The molecular formula is C27H34N6O4. The maximum absolute atomic E-state index is 13.7. The largest absolute Gasteiger partial charge is 0.507 e. The molecule has 2 fully saturated rings. The van der Waals surface area contributed by atoms with Crippen LogP contribution in [0.15, 0.2) is 35.1 Å². The van der Waals surface area contributed by atoms with Crippen LogP contribution in [0.3, 0.4) is 0 Å². The molecule has 0 atom stereocenters. The molecular weight excluding hydrogens is 472 g/mol. The molecule has 4 heterocycles. The number of pyridine rings is 1. The van der Waals surface area contributed by atoms with Crippen molar-refractivity contribution in [2.45, 2.75) is 6.54 Å². The molecule has 6 rings (SSSR count). The lowest BCUT2D eigenvalue weighted by atomic mass is 10.0. The van der Waals surface area contributed by atoms with Crippen LogP contribution in [0.25, 0.3) is 27.2 Å². The summed E-state index contributed by atoms with van der Waals surface area (Å²) in [6.45, 7) is 10.9. The average Bonchev–Trinajstić information content (AvgIpc) is 3.30. The van der Waals surface area contributed by atoms with Crippen LogP contribution in [-0.4, -0.2) is 103 Å². The molecule has 2 saturated heterocycles. The molecule has 10 nitrogen and oxygen atoms in total. The number of nitrogens with zero attached hydrogens (tertiary/aromatic N) is 4. The minimum atomic E-state index is -0.174. The zero-order chi connectivity index (χ0) is 25.2. The van der Waals surface area contributed by atoms with Crippen LogP contribution in [-0.2, 0) is 16.0 Å². The minimum absolute atomic E-state index is 0.0231. The number of anilines is 1. The minimum Gasteiger partial charge on any atom is -0.507 e. The number of hydrogen-bond acceptors (Lipinski definition) is 9. The third-order valence-electron chi connectivity index (χ3n) is 7.47. The number of rotatable bonds is 9. The molecule has 2 aliphatic rings. The molecule has 2 aliphatic heterocycles. The van der Waals surface area contributed by atoms with E-state index in [1.807, 2.05) is 16.6 Å². The fourth-order valence-electron chi connectivity index (χ4n) is 5.46. The molecule has 0 unspecified atom stereocenters. The fraction of sp³-hybridized carbons (Fsp3) is 0.481. The fourth-order valence-corrected chi connectivity index (χ4v) is 5.46. The second kappa shape index (κ2) is 10.8. The lowest BCUT2D eigenvalue weighted by Gasteiger charge is -2.26. The monoisotopic (exact) mass is 506 g/mol. The Morgan fingerprint density at radius 1 is 0.892 bits per heavy atom. The van der Waals surface area contributed by atoms with Gasteiger partial charge in [-0.05, 0) is 24.3 Å². The zero-order valence-electron chi connectivity index (χ0n) is 21.0. The number of fused-ring (bicyclic) bond motifs is 2. The van der Waals surface area contributed by atoms with E-state index in [1.54, 1.807) is 12.1 Å². The van der Waals surface area contributed by atoms with Crippen molar-refractivity contribution in [3.05, 3.63) is 46.2 Å². The van der Waals surface area contributed by atoms with Crippen LogP contribution in [0.5, 0.6) is 5.75 Å². The Morgan fingerprint density at radius 2 is 1.59 bits per heavy atom. The Bertz CT molecular complexity index is 1430. The van der Waals surface area contributed by atoms with E-state index < -0.39 is 0 Å². The molecule has 0 bridgehead atoms. The third-order valence-corrected chi connectivity index (χ3v) is 7.47. The van der Waals surface area contributed by atoms with Gasteiger partial charge >= 0.3 is 0 Å². The lowest BCUT2D eigenvalue weighted by molar-refractivity contribution is 0.0384. The SMILES string of the molecule is O=c1c2c(O)cccc2n2nc(CNCCN3CCOCC3)c3ccc(NCCN4CCOCC4)c1c32. The summed E-state index contributed by atoms with van der Waals surface area (Å²) < 4.78 is 12.7. The normalized spacial score (nSPS) is 17.8. The second-order valence-electron chi connectivity index (χ2n) is 9.75. The van der Waals surface area contributed by atoms with E-state index in [9.17, 15) is 9.90 Å². The first-order chi connectivity index (χ1) is 18.2. The number of nitrogens with one attached hydrogen (secondary N) is 2. The summed E-state index contributed by atoms with van der Waals surface area (Å²) in [5.74, 6) is -0.0231. The van der Waals surface area contributed by atoms with Crippen LogP contribution in [0, 0.1) is 0 Å². The van der Waals surface area contributed by atoms with E-state index in [0.29, 0.717) is 29.4 Å². The van der Waals surface area contributed by atoms with Crippen molar-refractivity contribution in [2.75, 3.05) is 84.1 Å². The molecule has 0 amide bonds. The van der Waals surface area contributed by atoms with Crippen molar-refractivity contribution in [3.63, 3.8) is 0 Å². The summed E-state index contributed by atoms with van der Waals surface area (Å²) in [4.78, 5) is 18.5. The third kappa shape index (κ3) is 4.83. The molecule has 2 aromatic carbocycles.